The molecule has 1 aromatic carbocycles. The van der Waals surface area contributed by atoms with Gasteiger partial charge in [0.1, 0.15) is 5.75 Å². The molecule has 1 heterocycles. The van der Waals surface area contributed by atoms with Crippen LogP contribution in [0.4, 0.5) is 5.69 Å². The number of benzene rings is 1. The quantitative estimate of drug-likeness (QED) is 0.854. The number of phenolic OH excluding ortho intramolecular Hbond substituents is 1. The van der Waals surface area contributed by atoms with Crippen LogP contribution in [0.3, 0.4) is 0 Å². The number of carbonyl (C=O) groups is 1. The molecular formula is C16H20N4O2. The van der Waals surface area contributed by atoms with Gasteiger partial charge in [-0.2, -0.15) is 0 Å². The molecule has 2 N–H and O–H groups in total. The summed E-state index contributed by atoms with van der Waals surface area (Å²) in [4.78, 5) is 22.3. The van der Waals surface area contributed by atoms with Gasteiger partial charge in [-0.05, 0) is 25.2 Å². The van der Waals surface area contributed by atoms with Crippen molar-refractivity contribution in [3.8, 4) is 17.1 Å². The van der Waals surface area contributed by atoms with Crippen LogP contribution in [0, 0.1) is 0 Å². The molecule has 0 aliphatic rings. The molecule has 0 saturated heterocycles. The van der Waals surface area contributed by atoms with Gasteiger partial charge in [0.05, 0.1) is 24.6 Å². The average Bonchev–Trinajstić information content (AvgIpc) is 2.53. The minimum absolute atomic E-state index is 0.0857. The highest BCUT2D eigenvalue weighted by Gasteiger charge is 2.08. The number of rotatable bonds is 6. The zero-order chi connectivity index (χ0) is 15.9. The van der Waals surface area contributed by atoms with Crippen LogP contribution in [0.5, 0.6) is 5.75 Å². The van der Waals surface area contributed by atoms with Crippen LogP contribution in [-0.2, 0) is 4.79 Å². The molecule has 0 spiro atoms. The molecule has 22 heavy (non-hydrogen) atoms. The van der Waals surface area contributed by atoms with Gasteiger partial charge in [0.2, 0.25) is 5.91 Å². The summed E-state index contributed by atoms with van der Waals surface area (Å²) in [6, 6.07) is 6.72. The summed E-state index contributed by atoms with van der Waals surface area (Å²) in [7, 11) is 0. The Kier molecular flexibility index (Phi) is 5.43. The maximum atomic E-state index is 11.9. The highest BCUT2D eigenvalue weighted by molar-refractivity contribution is 5.92. The van der Waals surface area contributed by atoms with Gasteiger partial charge in [-0.25, -0.2) is 9.97 Å². The highest BCUT2D eigenvalue weighted by atomic mass is 16.3. The summed E-state index contributed by atoms with van der Waals surface area (Å²) in [6.07, 6.45) is 3.12. The third-order valence-corrected chi connectivity index (χ3v) is 3.30. The van der Waals surface area contributed by atoms with Crippen molar-refractivity contribution in [2.24, 2.45) is 0 Å². The molecule has 0 saturated carbocycles. The van der Waals surface area contributed by atoms with Gasteiger partial charge < -0.3 is 10.4 Å². The Hall–Kier alpha value is -2.47. The number of nitrogens with one attached hydrogen (secondary N) is 1. The first kappa shape index (κ1) is 15.9. The fourth-order valence-electron chi connectivity index (χ4n) is 2.04. The lowest BCUT2D eigenvalue weighted by Gasteiger charge is -2.17. The second-order valence-electron chi connectivity index (χ2n) is 4.86. The van der Waals surface area contributed by atoms with Gasteiger partial charge in [-0.3, -0.25) is 9.69 Å². The maximum Gasteiger partial charge on any atom is 0.238 e. The largest absolute Gasteiger partial charge is 0.508 e. The van der Waals surface area contributed by atoms with Gasteiger partial charge in [0.25, 0.3) is 0 Å². The molecule has 0 radical (unpaired) electrons. The minimum Gasteiger partial charge on any atom is -0.508 e. The van der Waals surface area contributed by atoms with Crippen molar-refractivity contribution >= 4 is 11.6 Å². The van der Waals surface area contributed by atoms with E-state index < -0.39 is 0 Å². The molecule has 6 nitrogen and oxygen atoms in total. The molecule has 2 aromatic rings. The number of amides is 1. The third-order valence-electron chi connectivity index (χ3n) is 3.30. The highest BCUT2D eigenvalue weighted by Crippen LogP contribution is 2.20. The second kappa shape index (κ2) is 7.51. The van der Waals surface area contributed by atoms with Crippen LogP contribution in [0.1, 0.15) is 13.8 Å². The third kappa shape index (κ3) is 4.26. The lowest BCUT2D eigenvalue weighted by Crippen LogP contribution is -2.32. The zero-order valence-electron chi connectivity index (χ0n) is 12.8. The molecule has 0 fully saturated rings. The molecule has 0 bridgehead atoms. The van der Waals surface area contributed by atoms with Crippen LogP contribution in [0.25, 0.3) is 11.4 Å². The van der Waals surface area contributed by atoms with Crippen molar-refractivity contribution in [1.29, 1.82) is 0 Å². The van der Waals surface area contributed by atoms with Gasteiger partial charge in [0.15, 0.2) is 5.82 Å². The fraction of sp³-hybridized carbons (Fsp3) is 0.312. The maximum absolute atomic E-state index is 11.9. The molecule has 6 heteroatoms. The lowest BCUT2D eigenvalue weighted by atomic mass is 10.2. The minimum atomic E-state index is -0.0857. The molecule has 1 aromatic heterocycles. The van der Waals surface area contributed by atoms with E-state index in [-0.39, 0.29) is 11.7 Å². The Labute approximate surface area is 129 Å². The number of nitrogens with zero attached hydrogens (tertiary/aromatic N) is 3. The summed E-state index contributed by atoms with van der Waals surface area (Å²) in [6.45, 7) is 6.04. The Morgan fingerprint density at radius 1 is 1.23 bits per heavy atom. The molecule has 116 valence electrons. The monoisotopic (exact) mass is 300 g/mol. The predicted molar refractivity (Wildman–Crippen MR) is 85.6 cm³/mol. The van der Waals surface area contributed by atoms with Crippen molar-refractivity contribution in [2.75, 3.05) is 25.0 Å². The van der Waals surface area contributed by atoms with Gasteiger partial charge in [-0.1, -0.05) is 26.0 Å². The Bertz CT molecular complexity index is 624. The number of phenols is 1. The lowest BCUT2D eigenvalue weighted by molar-refractivity contribution is -0.117. The van der Waals surface area contributed by atoms with Crippen molar-refractivity contribution in [1.82, 2.24) is 14.9 Å². The Balaban J connectivity index is 2.01. The summed E-state index contributed by atoms with van der Waals surface area (Å²) in [5.74, 6) is 0.577. The van der Waals surface area contributed by atoms with E-state index in [2.05, 4.69) is 15.3 Å². The second-order valence-corrected chi connectivity index (χ2v) is 4.86. The van der Waals surface area contributed by atoms with Gasteiger partial charge in [-0.15, -0.1) is 0 Å². The van der Waals surface area contributed by atoms with Gasteiger partial charge >= 0.3 is 0 Å². The molecular weight excluding hydrogens is 280 g/mol. The summed E-state index contributed by atoms with van der Waals surface area (Å²) in [5.41, 5.74) is 1.28. The number of likely N-dealkylation sites (N-methyl/N-ethyl adjacent to an activating group) is 1. The van der Waals surface area contributed by atoms with Crippen LogP contribution < -0.4 is 5.32 Å². The number of anilines is 1. The standard InChI is InChI=1S/C16H20N4O2/c1-3-20(4-2)11-15(22)19-13-9-17-16(18-10-13)12-6-5-7-14(21)8-12/h5-10,21H,3-4,11H2,1-2H3,(H,19,22). The predicted octanol–water partition coefficient (Wildman–Crippen LogP) is 2.13. The molecule has 0 unspecified atom stereocenters. The van der Waals surface area contributed by atoms with Crippen molar-refractivity contribution < 1.29 is 9.90 Å². The number of hydrogen-bond acceptors (Lipinski definition) is 5. The zero-order valence-corrected chi connectivity index (χ0v) is 12.8. The Morgan fingerprint density at radius 2 is 1.91 bits per heavy atom. The van der Waals surface area contributed by atoms with Crippen molar-refractivity contribution in [2.45, 2.75) is 13.8 Å². The van der Waals surface area contributed by atoms with Crippen LogP contribution in [0.15, 0.2) is 36.7 Å². The van der Waals surface area contributed by atoms with E-state index in [1.807, 2.05) is 24.8 Å². The fourth-order valence-corrected chi connectivity index (χ4v) is 2.04. The Morgan fingerprint density at radius 3 is 2.50 bits per heavy atom. The number of aromatic nitrogens is 2. The number of carbonyl (C=O) groups excluding carboxylic acids is 1. The summed E-state index contributed by atoms with van der Waals surface area (Å²) in [5, 5.41) is 12.2. The van der Waals surface area contributed by atoms with E-state index in [0.29, 0.717) is 18.1 Å². The number of hydrogen-bond donors (Lipinski definition) is 2. The molecule has 0 atom stereocenters. The first-order valence-corrected chi connectivity index (χ1v) is 7.26. The van der Waals surface area contributed by atoms with Crippen molar-refractivity contribution in [3.63, 3.8) is 0 Å². The number of aromatic hydroxyl groups is 1. The SMILES string of the molecule is CCN(CC)CC(=O)Nc1cnc(-c2cccc(O)c2)nc1. The normalized spacial score (nSPS) is 10.7. The molecule has 0 aliphatic carbocycles. The topological polar surface area (TPSA) is 78.4 Å². The van der Waals surface area contributed by atoms with Crippen LogP contribution >= 0.6 is 0 Å². The first-order chi connectivity index (χ1) is 10.6. The average molecular weight is 300 g/mol. The summed E-state index contributed by atoms with van der Waals surface area (Å²) >= 11 is 0. The van der Waals surface area contributed by atoms with Gasteiger partial charge in [0, 0.05) is 5.56 Å². The smallest absolute Gasteiger partial charge is 0.238 e. The van der Waals surface area contributed by atoms with E-state index in [1.165, 1.54) is 0 Å². The molecule has 2 rings (SSSR count). The van der Waals surface area contributed by atoms with Crippen molar-refractivity contribution in [3.05, 3.63) is 36.7 Å². The first-order valence-electron chi connectivity index (χ1n) is 7.26. The van der Waals surface area contributed by atoms with E-state index >= 15 is 0 Å². The van der Waals surface area contributed by atoms with Crippen LogP contribution in [-0.4, -0.2) is 45.5 Å². The summed E-state index contributed by atoms with van der Waals surface area (Å²) < 4.78 is 0. The van der Waals surface area contributed by atoms with E-state index in [4.69, 9.17) is 0 Å². The van der Waals surface area contributed by atoms with Crippen LogP contribution in [0.2, 0.25) is 0 Å². The van der Waals surface area contributed by atoms with E-state index in [0.717, 1.165) is 18.7 Å². The van der Waals surface area contributed by atoms with E-state index in [1.54, 1.807) is 30.6 Å². The van der Waals surface area contributed by atoms with E-state index in [9.17, 15) is 9.90 Å². The molecule has 0 aliphatic heterocycles. The molecule has 1 amide bonds.